The van der Waals surface area contributed by atoms with Gasteiger partial charge in [-0.1, -0.05) is 6.92 Å². The van der Waals surface area contributed by atoms with Gasteiger partial charge >= 0.3 is 6.18 Å². The summed E-state index contributed by atoms with van der Waals surface area (Å²) in [5.74, 6) is -0.00903. The molecule has 8 nitrogen and oxygen atoms in total. The summed E-state index contributed by atoms with van der Waals surface area (Å²) in [5, 5.41) is 3.94. The van der Waals surface area contributed by atoms with Crippen LogP contribution in [-0.2, 0) is 17.5 Å². The second-order valence-electron chi connectivity index (χ2n) is 9.29. The zero-order valence-corrected chi connectivity index (χ0v) is 19.4. The minimum Gasteiger partial charge on any atom is -0.355 e. The molecule has 1 spiro atoms. The fraction of sp³-hybridized carbons (Fsp3) is 0.522. The summed E-state index contributed by atoms with van der Waals surface area (Å²) in [6.45, 7) is 2.69. The molecule has 3 aromatic rings. The number of aromatic nitrogens is 5. The number of carbonyl (C=O) groups excluding carboxylic acids is 1. The first-order valence-corrected chi connectivity index (χ1v) is 11.7. The van der Waals surface area contributed by atoms with E-state index in [0.717, 1.165) is 23.0 Å². The van der Waals surface area contributed by atoms with Crippen molar-refractivity contribution in [2.24, 2.45) is 11.3 Å². The third-order valence-electron chi connectivity index (χ3n) is 7.26. The summed E-state index contributed by atoms with van der Waals surface area (Å²) < 4.78 is 66.5. The van der Waals surface area contributed by atoms with Crippen LogP contribution in [0.1, 0.15) is 31.7 Å². The van der Waals surface area contributed by atoms with E-state index in [4.69, 9.17) is 0 Å². The third kappa shape index (κ3) is 4.24. The number of hydrogen-bond donors (Lipinski definition) is 0. The van der Waals surface area contributed by atoms with Gasteiger partial charge < -0.3 is 4.90 Å². The van der Waals surface area contributed by atoms with E-state index in [-0.39, 0.29) is 23.3 Å². The number of pyridine rings is 1. The second kappa shape index (κ2) is 8.93. The van der Waals surface area contributed by atoms with Gasteiger partial charge in [0.05, 0.1) is 18.0 Å². The lowest BCUT2D eigenvalue weighted by Crippen LogP contribution is -2.44. The molecule has 3 aromatic heterocycles. The van der Waals surface area contributed by atoms with Crippen molar-refractivity contribution in [2.75, 3.05) is 29.4 Å². The lowest BCUT2D eigenvalue weighted by molar-refractivity contribution is -0.137. The quantitative estimate of drug-likeness (QED) is 0.481. The van der Waals surface area contributed by atoms with E-state index < -0.39 is 30.1 Å². The molecule has 2 aliphatic heterocycles. The predicted octanol–water partition coefficient (Wildman–Crippen LogP) is 4.16. The minimum atomic E-state index is -4.53. The van der Waals surface area contributed by atoms with Crippen molar-refractivity contribution in [2.45, 2.75) is 45.3 Å². The average Bonchev–Trinajstić information content (AvgIpc) is 3.36. The number of halogens is 5. The molecule has 5 heterocycles. The number of nitrogens with zero attached hydrogens (tertiary/aromatic N) is 7. The molecule has 0 saturated carbocycles. The maximum atomic E-state index is 13.3. The van der Waals surface area contributed by atoms with E-state index in [1.807, 2.05) is 11.8 Å². The monoisotopic (exact) mass is 509 g/mol. The Morgan fingerprint density at radius 3 is 2.56 bits per heavy atom. The molecule has 1 atom stereocenters. The Hall–Kier alpha value is -3.38. The summed E-state index contributed by atoms with van der Waals surface area (Å²) >= 11 is 0. The summed E-state index contributed by atoms with van der Waals surface area (Å²) in [5.41, 5.74) is -0.557. The summed E-state index contributed by atoms with van der Waals surface area (Å²) in [6, 6.07) is 1.81. The molecule has 2 fully saturated rings. The maximum absolute atomic E-state index is 13.3. The Labute approximate surface area is 203 Å². The number of amides is 1. The standard InChI is InChI=1S/C23H24F5N7O/c1-2-15-21(36)34(18-9-14(3-6-29-18)23(26,27)28)13-22(15)4-7-33(8-5-22)19-11-30-16-10-31-35(12-17(24)25)20(16)32-19/h3,6,9-11,15,17H,2,4-5,7-8,12-13H2,1H3. The van der Waals surface area contributed by atoms with Crippen LogP contribution < -0.4 is 9.80 Å². The maximum Gasteiger partial charge on any atom is 0.416 e. The number of alkyl halides is 5. The van der Waals surface area contributed by atoms with Crippen LogP contribution in [0.25, 0.3) is 11.2 Å². The van der Waals surface area contributed by atoms with E-state index in [1.54, 1.807) is 6.20 Å². The average molecular weight is 509 g/mol. The zero-order valence-electron chi connectivity index (χ0n) is 19.4. The smallest absolute Gasteiger partial charge is 0.355 e. The number of anilines is 2. The predicted molar refractivity (Wildman–Crippen MR) is 121 cm³/mol. The van der Waals surface area contributed by atoms with Crippen LogP contribution >= 0.6 is 0 Å². The van der Waals surface area contributed by atoms with Crippen LogP contribution in [0.4, 0.5) is 33.6 Å². The molecular formula is C23H24F5N7O. The van der Waals surface area contributed by atoms with E-state index >= 15 is 0 Å². The molecule has 0 aromatic carbocycles. The molecule has 0 N–H and O–H groups in total. The Kier molecular flexibility index (Phi) is 6.03. The highest BCUT2D eigenvalue weighted by Crippen LogP contribution is 2.48. The molecule has 0 aliphatic carbocycles. The van der Waals surface area contributed by atoms with Crippen molar-refractivity contribution in [3.8, 4) is 0 Å². The van der Waals surface area contributed by atoms with Gasteiger partial charge in [0.15, 0.2) is 5.65 Å². The molecule has 1 unspecified atom stereocenters. The van der Waals surface area contributed by atoms with Gasteiger partial charge in [-0.3, -0.25) is 9.69 Å². The Morgan fingerprint density at radius 1 is 1.14 bits per heavy atom. The Bertz CT molecular complexity index is 1270. The van der Waals surface area contributed by atoms with Gasteiger partial charge in [0.1, 0.15) is 23.7 Å². The molecule has 2 aliphatic rings. The molecule has 192 valence electrons. The largest absolute Gasteiger partial charge is 0.416 e. The normalized spacial score (nSPS) is 20.3. The third-order valence-corrected chi connectivity index (χ3v) is 7.26. The first kappa shape index (κ1) is 24.3. The van der Waals surface area contributed by atoms with E-state index in [9.17, 15) is 26.7 Å². The number of carbonyl (C=O) groups is 1. The highest BCUT2D eigenvalue weighted by molar-refractivity contribution is 5.97. The molecule has 2 saturated heterocycles. The SMILES string of the molecule is CCC1C(=O)N(c2cc(C(F)(F)F)ccn2)CC12CCN(c1cnc3cnn(CC(F)F)c3n1)CC2. The Morgan fingerprint density at radius 2 is 1.89 bits per heavy atom. The molecule has 0 bridgehead atoms. The van der Waals surface area contributed by atoms with Gasteiger partial charge in [-0.25, -0.2) is 28.4 Å². The highest BCUT2D eigenvalue weighted by atomic mass is 19.4. The van der Waals surface area contributed by atoms with Crippen molar-refractivity contribution in [1.29, 1.82) is 0 Å². The molecular weight excluding hydrogens is 485 g/mol. The lowest BCUT2D eigenvalue weighted by atomic mass is 9.69. The number of rotatable bonds is 5. The van der Waals surface area contributed by atoms with Gasteiger partial charge in [-0.15, -0.1) is 0 Å². The molecule has 1 amide bonds. The summed E-state index contributed by atoms with van der Waals surface area (Å²) in [7, 11) is 0. The molecule has 0 radical (unpaired) electrons. The molecule has 5 rings (SSSR count). The van der Waals surface area contributed by atoms with Crippen LogP contribution in [-0.4, -0.2) is 56.7 Å². The van der Waals surface area contributed by atoms with Crippen LogP contribution in [0.15, 0.2) is 30.7 Å². The topological polar surface area (TPSA) is 80.0 Å². The van der Waals surface area contributed by atoms with Crippen molar-refractivity contribution in [1.82, 2.24) is 24.7 Å². The van der Waals surface area contributed by atoms with E-state index in [0.29, 0.717) is 50.2 Å². The van der Waals surface area contributed by atoms with Gasteiger partial charge in [0.25, 0.3) is 6.43 Å². The number of hydrogen-bond acceptors (Lipinski definition) is 6. The Balaban J connectivity index is 1.36. The van der Waals surface area contributed by atoms with Crippen molar-refractivity contribution >= 4 is 28.7 Å². The summed E-state index contributed by atoms with van der Waals surface area (Å²) in [4.78, 5) is 29.5. The van der Waals surface area contributed by atoms with Crippen molar-refractivity contribution < 1.29 is 26.7 Å². The highest BCUT2D eigenvalue weighted by Gasteiger charge is 2.53. The summed E-state index contributed by atoms with van der Waals surface area (Å²) in [6.07, 6.45) is -1.27. The van der Waals surface area contributed by atoms with Crippen molar-refractivity contribution in [3.63, 3.8) is 0 Å². The lowest BCUT2D eigenvalue weighted by Gasteiger charge is -2.42. The minimum absolute atomic E-state index is 0.0104. The zero-order chi connectivity index (χ0) is 25.7. The van der Waals surface area contributed by atoms with Crippen LogP contribution in [0.3, 0.4) is 0 Å². The second-order valence-corrected chi connectivity index (χ2v) is 9.29. The van der Waals surface area contributed by atoms with Gasteiger partial charge in [0.2, 0.25) is 5.91 Å². The van der Waals surface area contributed by atoms with E-state index in [2.05, 4.69) is 20.1 Å². The number of piperidine rings is 1. The van der Waals surface area contributed by atoms with Gasteiger partial charge in [0, 0.05) is 37.2 Å². The van der Waals surface area contributed by atoms with Gasteiger partial charge in [-0.05, 0) is 31.4 Å². The van der Waals surface area contributed by atoms with Crippen LogP contribution in [0.2, 0.25) is 0 Å². The van der Waals surface area contributed by atoms with Crippen LogP contribution in [0.5, 0.6) is 0 Å². The first-order valence-electron chi connectivity index (χ1n) is 11.7. The molecule has 36 heavy (non-hydrogen) atoms. The first-order chi connectivity index (χ1) is 17.1. The van der Waals surface area contributed by atoms with Crippen molar-refractivity contribution in [3.05, 3.63) is 36.3 Å². The van der Waals surface area contributed by atoms with Gasteiger partial charge in [-0.2, -0.15) is 18.3 Å². The van der Waals surface area contributed by atoms with E-state index in [1.165, 1.54) is 11.1 Å². The fourth-order valence-electron chi connectivity index (χ4n) is 5.44. The molecule has 13 heteroatoms. The van der Waals surface area contributed by atoms with Crippen LogP contribution in [0, 0.1) is 11.3 Å². The fourth-order valence-corrected chi connectivity index (χ4v) is 5.44. The number of fused-ring (bicyclic) bond motifs is 1.